The lowest BCUT2D eigenvalue weighted by molar-refractivity contribution is -0.143. The van der Waals surface area contributed by atoms with Crippen molar-refractivity contribution in [1.29, 1.82) is 0 Å². The molecule has 4 rings (SSSR count). The fourth-order valence-corrected chi connectivity index (χ4v) is 4.71. The zero-order chi connectivity index (χ0) is 31.0. The van der Waals surface area contributed by atoms with Gasteiger partial charge in [0.2, 0.25) is 0 Å². The Morgan fingerprint density at radius 1 is 1.07 bits per heavy atom. The summed E-state index contributed by atoms with van der Waals surface area (Å²) in [5.74, 6) is -0.447. The summed E-state index contributed by atoms with van der Waals surface area (Å²) in [6.45, 7) is 9.77. The molecule has 0 atom stereocenters. The molecule has 2 aromatic heterocycles. The Kier molecular flexibility index (Phi) is 10.4. The molecule has 0 aliphatic carbocycles. The van der Waals surface area contributed by atoms with Crippen LogP contribution < -0.4 is 0 Å². The average molecular weight is 602 g/mol. The number of alkyl halides is 3. The van der Waals surface area contributed by atoms with Gasteiger partial charge in [0.15, 0.2) is 0 Å². The van der Waals surface area contributed by atoms with Gasteiger partial charge in [-0.05, 0) is 51.0 Å². The van der Waals surface area contributed by atoms with E-state index in [1.54, 1.807) is 35.5 Å². The van der Waals surface area contributed by atoms with Crippen LogP contribution >= 0.6 is 0 Å². The summed E-state index contributed by atoms with van der Waals surface area (Å²) in [6, 6.07) is 10.9. The number of oxime groups is 1. The highest BCUT2D eigenvalue weighted by atomic mass is 19.4. The first-order chi connectivity index (χ1) is 20.4. The number of halogens is 3. The van der Waals surface area contributed by atoms with Crippen molar-refractivity contribution in [2.24, 2.45) is 5.16 Å². The second-order valence-corrected chi connectivity index (χ2v) is 11.6. The maximum absolute atomic E-state index is 12.4. The van der Waals surface area contributed by atoms with E-state index in [2.05, 4.69) is 15.0 Å². The number of fused-ring (bicyclic) bond motifs is 1. The van der Waals surface area contributed by atoms with E-state index in [-0.39, 0.29) is 12.5 Å². The van der Waals surface area contributed by atoms with Crippen LogP contribution in [0.15, 0.2) is 53.9 Å². The number of imidazole rings is 1. The number of carbonyl (C=O) groups is 2. The number of hydrogen-bond donors (Lipinski definition) is 0. The molecule has 9 nitrogen and oxygen atoms in total. The monoisotopic (exact) mass is 601 g/mol. The van der Waals surface area contributed by atoms with E-state index in [4.69, 9.17) is 9.57 Å². The van der Waals surface area contributed by atoms with Crippen molar-refractivity contribution in [3.05, 3.63) is 59.9 Å². The third-order valence-electron chi connectivity index (χ3n) is 6.86. The maximum atomic E-state index is 12.4. The van der Waals surface area contributed by atoms with Crippen LogP contribution in [0.25, 0.3) is 16.9 Å². The lowest BCUT2D eigenvalue weighted by atomic mass is 10.0. The van der Waals surface area contributed by atoms with Gasteiger partial charge in [0, 0.05) is 62.9 Å². The van der Waals surface area contributed by atoms with E-state index >= 15 is 0 Å². The lowest BCUT2D eigenvalue weighted by Crippen LogP contribution is -2.50. The van der Waals surface area contributed by atoms with Crippen LogP contribution in [0.2, 0.25) is 0 Å². The van der Waals surface area contributed by atoms with Gasteiger partial charge in [0.1, 0.15) is 23.6 Å². The van der Waals surface area contributed by atoms with Crippen molar-refractivity contribution in [3.63, 3.8) is 0 Å². The number of benzene rings is 1. The van der Waals surface area contributed by atoms with Gasteiger partial charge in [-0.1, -0.05) is 23.4 Å². The summed E-state index contributed by atoms with van der Waals surface area (Å²) in [5, 5.41) is 4.08. The van der Waals surface area contributed by atoms with Gasteiger partial charge in [-0.3, -0.25) is 14.1 Å². The molecule has 0 saturated carbocycles. The number of ketones is 1. The summed E-state index contributed by atoms with van der Waals surface area (Å²) in [6.07, 6.45) is -0.281. The Morgan fingerprint density at radius 3 is 2.56 bits per heavy atom. The van der Waals surface area contributed by atoms with Crippen molar-refractivity contribution in [3.8, 4) is 11.3 Å². The minimum absolute atomic E-state index is 0.0496. The van der Waals surface area contributed by atoms with Crippen molar-refractivity contribution in [2.45, 2.75) is 58.2 Å². The van der Waals surface area contributed by atoms with Crippen molar-refractivity contribution in [2.75, 3.05) is 39.3 Å². The molecule has 0 spiro atoms. The van der Waals surface area contributed by atoms with Crippen LogP contribution in [-0.4, -0.2) is 88.4 Å². The molecule has 3 heterocycles. The predicted molar refractivity (Wildman–Crippen MR) is 157 cm³/mol. The molecule has 232 valence electrons. The summed E-state index contributed by atoms with van der Waals surface area (Å²) < 4.78 is 44.6. The zero-order valence-electron chi connectivity index (χ0n) is 24.8. The molecule has 1 amide bonds. The second-order valence-electron chi connectivity index (χ2n) is 11.6. The molecule has 12 heteroatoms. The normalized spacial score (nSPS) is 14.9. The maximum Gasteiger partial charge on any atom is 0.410 e. The van der Waals surface area contributed by atoms with E-state index in [0.29, 0.717) is 30.9 Å². The first-order valence-electron chi connectivity index (χ1n) is 14.4. The number of rotatable bonds is 11. The van der Waals surface area contributed by atoms with Gasteiger partial charge < -0.3 is 14.5 Å². The van der Waals surface area contributed by atoms with Crippen LogP contribution in [0.4, 0.5) is 18.0 Å². The quantitative estimate of drug-likeness (QED) is 0.158. The Balaban J connectivity index is 1.22. The SMILES string of the molecule is CC(C)(C)OC(=O)N1CCN(CCCO/N=C/c2ccn3c(-c4cccc(CC(=O)CCC(F)(F)F)c4)cnc3c2)CC1. The number of piperazine rings is 1. The first kappa shape index (κ1) is 32.0. The molecular formula is C31H38F3N5O4. The van der Waals surface area contributed by atoms with Crippen molar-refractivity contribution in [1.82, 2.24) is 19.2 Å². The van der Waals surface area contributed by atoms with Crippen LogP contribution in [-0.2, 0) is 20.8 Å². The van der Waals surface area contributed by atoms with Gasteiger partial charge in [-0.15, -0.1) is 0 Å². The second kappa shape index (κ2) is 14.0. The number of aromatic nitrogens is 2. The molecule has 0 unspecified atom stereocenters. The number of carbonyl (C=O) groups excluding carboxylic acids is 2. The molecule has 43 heavy (non-hydrogen) atoms. The van der Waals surface area contributed by atoms with Crippen LogP contribution in [0.3, 0.4) is 0 Å². The Labute approximate surface area is 249 Å². The van der Waals surface area contributed by atoms with Gasteiger partial charge in [0.25, 0.3) is 0 Å². The Bertz CT molecular complexity index is 1420. The Morgan fingerprint density at radius 2 is 1.84 bits per heavy atom. The Hall–Kier alpha value is -3.93. The van der Waals surface area contributed by atoms with E-state index in [0.717, 1.165) is 42.9 Å². The molecule has 1 aliphatic heterocycles. The minimum Gasteiger partial charge on any atom is -0.444 e. The lowest BCUT2D eigenvalue weighted by Gasteiger charge is -2.35. The average Bonchev–Trinajstić information content (AvgIpc) is 3.36. The topological polar surface area (TPSA) is 88.7 Å². The molecule has 0 bridgehead atoms. The standard InChI is InChI=1S/C31H38F3N5O4/c1-30(2,3)43-29(41)38-15-13-37(14-16-38)11-5-17-42-36-21-24-9-12-39-27(22-35-28(39)20-24)25-7-4-6-23(18-25)19-26(40)8-10-31(32,33)34/h4,6-7,9,12,18,20-22H,5,8,10-11,13-17,19H2,1-3H3/b36-21+. The summed E-state index contributed by atoms with van der Waals surface area (Å²) in [4.78, 5) is 38.2. The third-order valence-corrected chi connectivity index (χ3v) is 6.86. The summed E-state index contributed by atoms with van der Waals surface area (Å²) in [7, 11) is 0. The zero-order valence-corrected chi connectivity index (χ0v) is 24.8. The largest absolute Gasteiger partial charge is 0.444 e. The first-order valence-corrected chi connectivity index (χ1v) is 14.4. The van der Waals surface area contributed by atoms with Gasteiger partial charge in [-0.2, -0.15) is 13.2 Å². The molecule has 1 saturated heterocycles. The molecule has 1 aliphatic rings. The summed E-state index contributed by atoms with van der Waals surface area (Å²) in [5.41, 5.74) is 3.27. The van der Waals surface area contributed by atoms with Crippen molar-refractivity contribution < 1.29 is 32.3 Å². The molecule has 1 aromatic carbocycles. The summed E-state index contributed by atoms with van der Waals surface area (Å²) >= 11 is 0. The number of ether oxygens (including phenoxy) is 1. The smallest absolute Gasteiger partial charge is 0.410 e. The van der Waals surface area contributed by atoms with E-state index in [1.807, 2.05) is 49.6 Å². The van der Waals surface area contributed by atoms with Crippen LogP contribution in [0.5, 0.6) is 0 Å². The minimum atomic E-state index is -4.34. The highest BCUT2D eigenvalue weighted by Gasteiger charge is 2.28. The fourth-order valence-electron chi connectivity index (χ4n) is 4.71. The fraction of sp³-hybridized carbons (Fsp3) is 0.484. The van der Waals surface area contributed by atoms with Crippen LogP contribution in [0.1, 0.15) is 51.2 Å². The highest BCUT2D eigenvalue weighted by Crippen LogP contribution is 2.24. The molecule has 0 radical (unpaired) electrons. The van der Waals surface area contributed by atoms with Gasteiger partial charge >= 0.3 is 12.3 Å². The molecule has 1 fully saturated rings. The number of nitrogens with zero attached hydrogens (tertiary/aromatic N) is 5. The number of Topliss-reactive ketones (excluding diaryl/α,β-unsaturated/α-hetero) is 1. The van der Waals surface area contributed by atoms with Crippen LogP contribution in [0, 0.1) is 0 Å². The van der Waals surface area contributed by atoms with Gasteiger partial charge in [0.05, 0.1) is 24.5 Å². The van der Waals surface area contributed by atoms with Crippen molar-refractivity contribution >= 4 is 23.7 Å². The third kappa shape index (κ3) is 10.1. The number of hydrogen-bond acceptors (Lipinski definition) is 7. The highest BCUT2D eigenvalue weighted by molar-refractivity contribution is 5.82. The van der Waals surface area contributed by atoms with Gasteiger partial charge in [-0.25, -0.2) is 9.78 Å². The van der Waals surface area contributed by atoms with E-state index < -0.39 is 30.4 Å². The molecule has 3 aromatic rings. The predicted octanol–water partition coefficient (Wildman–Crippen LogP) is 5.75. The number of pyridine rings is 1. The van der Waals surface area contributed by atoms with E-state index in [9.17, 15) is 22.8 Å². The molecule has 0 N–H and O–H groups in total. The number of amides is 1. The molecular weight excluding hydrogens is 563 g/mol. The van der Waals surface area contributed by atoms with E-state index in [1.165, 1.54) is 0 Å².